The van der Waals surface area contributed by atoms with E-state index in [1.54, 1.807) is 18.2 Å². The largest absolute Gasteiger partial charge is 0.493 e. The van der Waals surface area contributed by atoms with Crippen molar-refractivity contribution >= 4 is 66.5 Å². The number of rotatable bonds is 8. The van der Waals surface area contributed by atoms with Crippen LogP contribution in [0.2, 0.25) is 5.02 Å². The van der Waals surface area contributed by atoms with Gasteiger partial charge in [-0.3, -0.25) is 4.79 Å². The molecule has 2 aromatic carbocycles. The normalized spacial score (nSPS) is 13.3. The zero-order valence-electron chi connectivity index (χ0n) is 18.8. The van der Waals surface area contributed by atoms with Crippen LogP contribution in [-0.4, -0.2) is 40.2 Å². The first-order valence-electron chi connectivity index (χ1n) is 10.3. The molecule has 1 heterocycles. The second kappa shape index (κ2) is 10.9. The number of hydrogen-bond donors (Lipinski definition) is 1. The van der Waals surface area contributed by atoms with Crippen molar-refractivity contribution in [2.24, 2.45) is 5.10 Å². The molecule has 0 saturated heterocycles. The number of aromatic nitrogens is 2. The molecule has 0 fully saturated rings. The highest BCUT2D eigenvalue weighted by atomic mass is 79.9. The second-order valence-corrected chi connectivity index (χ2v) is 9.61. The Kier molecular flexibility index (Phi) is 8.38. The molecule has 0 radical (unpaired) electrons. The molecule has 0 amide bonds. The van der Waals surface area contributed by atoms with Gasteiger partial charge in [0.25, 0.3) is 5.56 Å². The van der Waals surface area contributed by atoms with Gasteiger partial charge in [0.2, 0.25) is 0 Å². The third kappa shape index (κ3) is 5.29. The van der Waals surface area contributed by atoms with Gasteiger partial charge in [-0.15, -0.1) is 0 Å². The van der Waals surface area contributed by atoms with Crippen molar-refractivity contribution < 1.29 is 19.4 Å². The van der Waals surface area contributed by atoms with Gasteiger partial charge in [0, 0.05) is 20.4 Å². The number of benzene rings is 2. The average molecular weight is 616 g/mol. The van der Waals surface area contributed by atoms with Crippen LogP contribution in [0.4, 0.5) is 0 Å². The maximum Gasteiger partial charge on any atom is 0.344 e. The van der Waals surface area contributed by atoms with Gasteiger partial charge in [-0.25, -0.2) is 9.78 Å². The molecule has 0 aliphatic carbocycles. The summed E-state index contributed by atoms with van der Waals surface area (Å²) in [6, 6.07) is 6.92. The number of aliphatic carboxylic acids is 1. The van der Waals surface area contributed by atoms with Gasteiger partial charge >= 0.3 is 5.97 Å². The van der Waals surface area contributed by atoms with Gasteiger partial charge in [0.15, 0.2) is 17.6 Å². The zero-order chi connectivity index (χ0) is 25.2. The number of hydrogen-bond acceptors (Lipinski definition) is 6. The van der Waals surface area contributed by atoms with E-state index in [9.17, 15) is 9.59 Å². The Morgan fingerprint density at radius 1 is 1.32 bits per heavy atom. The minimum atomic E-state index is -1.15. The highest BCUT2D eigenvalue weighted by molar-refractivity contribution is 9.10. The van der Waals surface area contributed by atoms with E-state index in [2.05, 4.69) is 41.9 Å². The third-order valence-corrected chi connectivity index (χ3v) is 7.15. The lowest BCUT2D eigenvalue weighted by atomic mass is 10.1. The quantitative estimate of drug-likeness (QED) is 0.320. The van der Waals surface area contributed by atoms with Crippen LogP contribution in [0.3, 0.4) is 0 Å². The van der Waals surface area contributed by atoms with E-state index in [0.29, 0.717) is 26.8 Å². The molecule has 0 aliphatic rings. The lowest BCUT2D eigenvalue weighted by molar-refractivity contribution is -0.144. The van der Waals surface area contributed by atoms with Crippen molar-refractivity contribution in [2.75, 3.05) is 7.11 Å². The minimum absolute atomic E-state index is 0.0206. The number of carboxylic acid groups (broad SMARTS) is 1. The summed E-state index contributed by atoms with van der Waals surface area (Å²) in [6.07, 6.45) is 1.08. The fraction of sp³-hybridized carbons (Fsp3) is 0.304. The van der Waals surface area contributed by atoms with E-state index in [1.165, 1.54) is 24.9 Å². The molecule has 1 aromatic heterocycles. The highest BCUT2D eigenvalue weighted by Crippen LogP contribution is 2.42. The molecule has 1 N–H and O–H groups in total. The number of carbonyl (C=O) groups is 1. The van der Waals surface area contributed by atoms with Crippen LogP contribution in [0.5, 0.6) is 11.5 Å². The van der Waals surface area contributed by atoms with Crippen molar-refractivity contribution in [1.82, 2.24) is 9.66 Å². The van der Waals surface area contributed by atoms with Gasteiger partial charge < -0.3 is 14.6 Å². The van der Waals surface area contributed by atoms with Crippen LogP contribution in [0, 0.1) is 0 Å². The number of carboxylic acids is 1. The van der Waals surface area contributed by atoms with Gasteiger partial charge in [-0.1, -0.05) is 41.4 Å². The Balaban J connectivity index is 2.16. The van der Waals surface area contributed by atoms with Gasteiger partial charge in [-0.2, -0.15) is 9.78 Å². The summed E-state index contributed by atoms with van der Waals surface area (Å²) < 4.78 is 13.3. The van der Waals surface area contributed by atoms with E-state index >= 15 is 0 Å². The fourth-order valence-corrected chi connectivity index (χ4v) is 4.09. The fourth-order valence-electron chi connectivity index (χ4n) is 3.09. The Hall–Kier alpha value is -2.43. The molecule has 8 nitrogen and oxygen atoms in total. The molecule has 0 spiro atoms. The smallest absolute Gasteiger partial charge is 0.344 e. The maximum absolute atomic E-state index is 13.3. The third-order valence-electron chi connectivity index (χ3n) is 5.22. The van der Waals surface area contributed by atoms with Gasteiger partial charge in [0.1, 0.15) is 10.8 Å². The summed E-state index contributed by atoms with van der Waals surface area (Å²) in [4.78, 5) is 29.2. The van der Waals surface area contributed by atoms with Gasteiger partial charge in [0.05, 0.1) is 24.2 Å². The van der Waals surface area contributed by atoms with Crippen molar-refractivity contribution in [2.45, 2.75) is 39.2 Å². The standard InChI is InChI=1S/C23H22Br2ClN3O5/c1-5-11(2)21-28-16-7-6-14(24)9-15(16)22(30)29(21)27-10-13-8-17(33-4)20(19(26)18(13)25)34-12(3)23(31)32/h6-12H,5H2,1-4H3,(H,31,32)/t11-,12+/m0/s1. The number of methoxy groups -OCH3 is 1. The summed E-state index contributed by atoms with van der Waals surface area (Å²) in [5, 5.41) is 14.1. The van der Waals surface area contributed by atoms with Crippen LogP contribution in [0.15, 0.2) is 43.1 Å². The number of ether oxygens (including phenoxy) is 2. The average Bonchev–Trinajstić information content (AvgIpc) is 2.81. The lowest BCUT2D eigenvalue weighted by Gasteiger charge is -2.17. The van der Waals surface area contributed by atoms with Crippen molar-refractivity contribution in [3.05, 3.63) is 60.0 Å². The van der Waals surface area contributed by atoms with E-state index < -0.39 is 12.1 Å². The van der Waals surface area contributed by atoms with Crippen LogP contribution >= 0.6 is 43.5 Å². The van der Waals surface area contributed by atoms with Crippen LogP contribution in [0.1, 0.15) is 44.5 Å². The molecule has 0 bridgehead atoms. The summed E-state index contributed by atoms with van der Waals surface area (Å²) in [7, 11) is 1.41. The minimum Gasteiger partial charge on any atom is -0.493 e. The Bertz CT molecular complexity index is 1340. The molecular formula is C23H22Br2ClN3O5. The van der Waals surface area contributed by atoms with Crippen LogP contribution in [-0.2, 0) is 4.79 Å². The van der Waals surface area contributed by atoms with E-state index in [4.69, 9.17) is 26.2 Å². The molecule has 34 heavy (non-hydrogen) atoms. The molecule has 180 valence electrons. The van der Waals surface area contributed by atoms with E-state index in [1.807, 2.05) is 19.9 Å². The first-order valence-corrected chi connectivity index (χ1v) is 12.3. The maximum atomic E-state index is 13.3. The molecule has 0 aliphatic heterocycles. The van der Waals surface area contributed by atoms with E-state index in [0.717, 1.165) is 10.9 Å². The van der Waals surface area contributed by atoms with E-state index in [-0.39, 0.29) is 28.0 Å². The number of fused-ring (bicyclic) bond motifs is 1. The SMILES string of the molecule is CC[C@H](C)c1nc2ccc(Br)cc2c(=O)n1N=Cc1cc(OC)c(O[C@H](C)C(=O)O)c(Cl)c1Br. The highest BCUT2D eigenvalue weighted by Gasteiger charge is 2.22. The Morgan fingerprint density at radius 2 is 2.03 bits per heavy atom. The Labute approximate surface area is 217 Å². The summed E-state index contributed by atoms with van der Waals surface area (Å²) in [5.74, 6) is -0.335. The van der Waals surface area contributed by atoms with Crippen molar-refractivity contribution in [3.63, 3.8) is 0 Å². The number of nitrogens with zero attached hydrogens (tertiary/aromatic N) is 3. The molecule has 3 aromatic rings. The van der Waals surface area contributed by atoms with Crippen LogP contribution < -0.4 is 15.0 Å². The summed E-state index contributed by atoms with van der Waals surface area (Å²) in [5.41, 5.74) is 0.783. The predicted octanol–water partition coefficient (Wildman–Crippen LogP) is 5.83. The predicted molar refractivity (Wildman–Crippen MR) is 139 cm³/mol. The number of halogens is 3. The monoisotopic (exact) mass is 613 g/mol. The molecule has 3 rings (SSSR count). The van der Waals surface area contributed by atoms with Crippen molar-refractivity contribution in [3.8, 4) is 11.5 Å². The summed E-state index contributed by atoms with van der Waals surface area (Å²) >= 11 is 13.3. The zero-order valence-corrected chi connectivity index (χ0v) is 22.7. The first kappa shape index (κ1) is 26.2. The molecule has 0 saturated carbocycles. The molecule has 0 unspecified atom stereocenters. The second-order valence-electron chi connectivity index (χ2n) is 7.53. The first-order chi connectivity index (χ1) is 16.1. The van der Waals surface area contributed by atoms with Crippen LogP contribution in [0.25, 0.3) is 10.9 Å². The molecular weight excluding hydrogens is 594 g/mol. The topological polar surface area (TPSA) is 103 Å². The lowest BCUT2D eigenvalue weighted by Crippen LogP contribution is -2.24. The van der Waals surface area contributed by atoms with Crippen molar-refractivity contribution in [1.29, 1.82) is 0 Å². The summed E-state index contributed by atoms with van der Waals surface area (Å²) in [6.45, 7) is 5.37. The Morgan fingerprint density at radius 3 is 2.65 bits per heavy atom. The molecule has 11 heteroatoms. The van der Waals surface area contributed by atoms with Gasteiger partial charge in [-0.05, 0) is 53.5 Å². The molecule has 2 atom stereocenters.